The van der Waals surface area contributed by atoms with Gasteiger partial charge >= 0.3 is 0 Å². The largest absolute Gasteiger partial charge is 0.294 e. The lowest BCUT2D eigenvalue weighted by Gasteiger charge is -1.99. The van der Waals surface area contributed by atoms with Gasteiger partial charge in [-0.2, -0.15) is 0 Å². The van der Waals surface area contributed by atoms with Crippen LogP contribution in [0, 0.1) is 13.8 Å². The zero-order valence-electron chi connectivity index (χ0n) is 9.49. The molecule has 0 atom stereocenters. The van der Waals surface area contributed by atoms with Crippen molar-refractivity contribution < 1.29 is 4.79 Å². The molecular formula is C14H14OS. The van der Waals surface area contributed by atoms with Crippen LogP contribution in [-0.2, 0) is 6.42 Å². The maximum absolute atomic E-state index is 11.9. The van der Waals surface area contributed by atoms with Gasteiger partial charge in [0.25, 0.3) is 0 Å². The van der Waals surface area contributed by atoms with Crippen molar-refractivity contribution in [3.05, 3.63) is 57.3 Å². The van der Waals surface area contributed by atoms with E-state index in [1.54, 1.807) is 11.3 Å². The molecule has 0 saturated heterocycles. The van der Waals surface area contributed by atoms with E-state index >= 15 is 0 Å². The number of Topliss-reactive ketones (excluding diaryl/α,β-unsaturated/α-hetero) is 1. The third-order valence-corrected chi connectivity index (χ3v) is 3.55. The van der Waals surface area contributed by atoms with E-state index in [0.717, 1.165) is 10.4 Å². The van der Waals surface area contributed by atoms with Crippen LogP contribution in [0.4, 0.5) is 0 Å². The molecule has 0 N–H and O–H groups in total. The molecule has 16 heavy (non-hydrogen) atoms. The van der Waals surface area contributed by atoms with Crippen molar-refractivity contribution in [3.8, 4) is 0 Å². The molecule has 2 rings (SSSR count). The van der Waals surface area contributed by atoms with Crippen LogP contribution < -0.4 is 0 Å². The van der Waals surface area contributed by atoms with Crippen LogP contribution in [0.1, 0.15) is 26.4 Å². The van der Waals surface area contributed by atoms with Crippen molar-refractivity contribution in [2.45, 2.75) is 20.3 Å². The van der Waals surface area contributed by atoms with Crippen molar-refractivity contribution in [1.29, 1.82) is 0 Å². The van der Waals surface area contributed by atoms with Gasteiger partial charge in [0.05, 0.1) is 0 Å². The molecule has 0 spiro atoms. The smallest absolute Gasteiger partial charge is 0.168 e. The van der Waals surface area contributed by atoms with Crippen molar-refractivity contribution in [1.82, 2.24) is 0 Å². The minimum Gasteiger partial charge on any atom is -0.294 e. The molecule has 0 bridgehead atoms. The molecule has 0 aliphatic carbocycles. The first kappa shape index (κ1) is 11.1. The van der Waals surface area contributed by atoms with Gasteiger partial charge in [-0.3, -0.25) is 4.79 Å². The fraction of sp³-hybridized carbons (Fsp3) is 0.214. The van der Waals surface area contributed by atoms with Crippen LogP contribution in [0.25, 0.3) is 0 Å². The molecule has 82 valence electrons. The van der Waals surface area contributed by atoms with E-state index < -0.39 is 0 Å². The lowest BCUT2D eigenvalue weighted by Crippen LogP contribution is -2.01. The van der Waals surface area contributed by atoms with Crippen molar-refractivity contribution in [2.75, 3.05) is 0 Å². The normalized spacial score (nSPS) is 10.4. The van der Waals surface area contributed by atoms with Crippen molar-refractivity contribution in [3.63, 3.8) is 0 Å². The fourth-order valence-corrected chi connectivity index (χ4v) is 2.46. The molecule has 1 nitrogen and oxygen atoms in total. The Balaban J connectivity index is 2.11. The molecule has 0 radical (unpaired) electrons. The number of ketones is 1. The summed E-state index contributed by atoms with van der Waals surface area (Å²) in [6.45, 7) is 4.08. The first-order chi connectivity index (χ1) is 7.65. The molecule has 0 aliphatic heterocycles. The zero-order valence-corrected chi connectivity index (χ0v) is 10.3. The van der Waals surface area contributed by atoms with E-state index in [1.165, 1.54) is 11.1 Å². The van der Waals surface area contributed by atoms with E-state index in [1.807, 2.05) is 31.2 Å². The Kier molecular flexibility index (Phi) is 3.20. The maximum Gasteiger partial charge on any atom is 0.168 e. The second-order valence-corrected chi connectivity index (χ2v) is 5.05. The van der Waals surface area contributed by atoms with Crippen molar-refractivity contribution in [2.24, 2.45) is 0 Å². The number of hydrogen-bond donors (Lipinski definition) is 0. The summed E-state index contributed by atoms with van der Waals surface area (Å²) in [5.74, 6) is 0.196. The molecule has 0 saturated carbocycles. The lowest BCUT2D eigenvalue weighted by molar-refractivity contribution is 0.0994. The zero-order chi connectivity index (χ0) is 11.5. The second kappa shape index (κ2) is 4.62. The van der Waals surface area contributed by atoms with E-state index in [4.69, 9.17) is 0 Å². The van der Waals surface area contributed by atoms with E-state index in [-0.39, 0.29) is 5.78 Å². The third-order valence-electron chi connectivity index (χ3n) is 2.49. The van der Waals surface area contributed by atoms with Gasteiger partial charge in [0.2, 0.25) is 0 Å². The molecule has 0 aliphatic rings. The Morgan fingerprint density at radius 3 is 2.38 bits per heavy atom. The fourth-order valence-electron chi connectivity index (χ4n) is 1.58. The van der Waals surface area contributed by atoms with Gasteiger partial charge in [-0.1, -0.05) is 29.8 Å². The Morgan fingerprint density at radius 2 is 1.81 bits per heavy atom. The summed E-state index contributed by atoms with van der Waals surface area (Å²) in [6.07, 6.45) is 0.515. The predicted molar refractivity (Wildman–Crippen MR) is 68.3 cm³/mol. The number of carbonyl (C=O) groups is 1. The first-order valence-corrected chi connectivity index (χ1v) is 6.17. The van der Waals surface area contributed by atoms with Gasteiger partial charge in [-0.15, -0.1) is 11.3 Å². The third kappa shape index (κ3) is 2.58. The number of benzene rings is 1. The molecule has 1 aromatic heterocycles. The average molecular weight is 230 g/mol. The van der Waals surface area contributed by atoms with Crippen molar-refractivity contribution >= 4 is 17.1 Å². The van der Waals surface area contributed by atoms with Gasteiger partial charge < -0.3 is 0 Å². The topological polar surface area (TPSA) is 17.1 Å². The Bertz CT molecular complexity index is 494. The summed E-state index contributed by atoms with van der Waals surface area (Å²) in [4.78, 5) is 13.1. The molecule has 1 heterocycles. The standard InChI is InChI=1S/C14H14OS/c1-10-3-5-12(6-4-10)14(15)8-13-7-11(2)9-16-13/h3-7,9H,8H2,1-2H3. The number of thiophene rings is 1. The summed E-state index contributed by atoms with van der Waals surface area (Å²) >= 11 is 1.65. The van der Waals surface area contributed by atoms with Crippen LogP contribution in [0.5, 0.6) is 0 Å². The van der Waals surface area contributed by atoms with Crippen LogP contribution >= 0.6 is 11.3 Å². The minimum absolute atomic E-state index is 0.196. The van der Waals surface area contributed by atoms with Gasteiger partial charge in [-0.25, -0.2) is 0 Å². The maximum atomic E-state index is 11.9. The van der Waals surface area contributed by atoms with E-state index in [2.05, 4.69) is 18.4 Å². The molecular weight excluding hydrogens is 216 g/mol. The highest BCUT2D eigenvalue weighted by atomic mass is 32.1. The molecule has 0 unspecified atom stereocenters. The summed E-state index contributed by atoms with van der Waals surface area (Å²) in [5, 5.41) is 2.08. The highest BCUT2D eigenvalue weighted by Gasteiger charge is 2.07. The predicted octanol–water partition coefficient (Wildman–Crippen LogP) is 3.79. The molecule has 0 fully saturated rings. The van der Waals surface area contributed by atoms with Gasteiger partial charge in [-0.05, 0) is 30.9 Å². The first-order valence-electron chi connectivity index (χ1n) is 5.29. The van der Waals surface area contributed by atoms with Gasteiger partial charge in [0.1, 0.15) is 0 Å². The molecule has 2 heteroatoms. The number of aryl methyl sites for hydroxylation is 2. The average Bonchev–Trinajstić information content (AvgIpc) is 2.65. The summed E-state index contributed by atoms with van der Waals surface area (Å²) in [6, 6.07) is 9.84. The highest BCUT2D eigenvalue weighted by Crippen LogP contribution is 2.16. The SMILES string of the molecule is Cc1ccc(C(=O)Cc2cc(C)cs2)cc1. The van der Waals surface area contributed by atoms with E-state index in [9.17, 15) is 4.79 Å². The molecule has 0 amide bonds. The summed E-state index contributed by atoms with van der Waals surface area (Å²) in [5.41, 5.74) is 3.22. The molecule has 1 aromatic carbocycles. The number of rotatable bonds is 3. The van der Waals surface area contributed by atoms with Crippen LogP contribution in [0.2, 0.25) is 0 Å². The molecule has 2 aromatic rings. The summed E-state index contributed by atoms with van der Waals surface area (Å²) < 4.78 is 0. The monoisotopic (exact) mass is 230 g/mol. The lowest BCUT2D eigenvalue weighted by atomic mass is 10.1. The Labute approximate surface area is 99.8 Å². The Hall–Kier alpha value is -1.41. The quantitative estimate of drug-likeness (QED) is 0.733. The van der Waals surface area contributed by atoms with E-state index in [0.29, 0.717) is 6.42 Å². The van der Waals surface area contributed by atoms with Gasteiger partial charge in [0.15, 0.2) is 5.78 Å². The minimum atomic E-state index is 0.196. The summed E-state index contributed by atoms with van der Waals surface area (Å²) in [7, 11) is 0. The Morgan fingerprint density at radius 1 is 1.12 bits per heavy atom. The van der Waals surface area contributed by atoms with Crippen LogP contribution in [0.3, 0.4) is 0 Å². The second-order valence-electron chi connectivity index (χ2n) is 4.06. The van der Waals surface area contributed by atoms with Gasteiger partial charge in [0, 0.05) is 16.9 Å². The number of hydrogen-bond acceptors (Lipinski definition) is 2. The van der Waals surface area contributed by atoms with Crippen LogP contribution in [-0.4, -0.2) is 5.78 Å². The van der Waals surface area contributed by atoms with Crippen LogP contribution in [0.15, 0.2) is 35.7 Å². The highest BCUT2D eigenvalue weighted by molar-refractivity contribution is 7.10. The number of carbonyl (C=O) groups excluding carboxylic acids is 1.